The van der Waals surface area contributed by atoms with Crippen molar-refractivity contribution in [2.45, 2.75) is 18.9 Å². The van der Waals surface area contributed by atoms with Gasteiger partial charge in [-0.25, -0.2) is 9.59 Å². The highest BCUT2D eigenvalue weighted by Gasteiger charge is 2.37. The Morgan fingerprint density at radius 3 is 2.75 bits per heavy atom. The van der Waals surface area contributed by atoms with E-state index in [1.807, 2.05) is 5.38 Å². The third-order valence-electron chi connectivity index (χ3n) is 2.43. The molecule has 86 valence electrons. The van der Waals surface area contributed by atoms with E-state index in [0.29, 0.717) is 5.69 Å². The number of anilines is 1. The first-order chi connectivity index (χ1) is 7.66. The summed E-state index contributed by atoms with van der Waals surface area (Å²) < 4.78 is 0. The van der Waals surface area contributed by atoms with E-state index in [-0.39, 0.29) is 5.92 Å². The number of carboxylic acids is 1. The van der Waals surface area contributed by atoms with Gasteiger partial charge in [-0.2, -0.15) is 11.3 Å². The van der Waals surface area contributed by atoms with Gasteiger partial charge in [-0.1, -0.05) is 0 Å². The topological polar surface area (TPSA) is 78.4 Å². The second-order valence-corrected chi connectivity index (χ2v) is 4.54. The molecule has 1 aromatic rings. The quantitative estimate of drug-likeness (QED) is 0.750. The van der Waals surface area contributed by atoms with Gasteiger partial charge in [0.15, 0.2) is 0 Å². The van der Waals surface area contributed by atoms with E-state index in [9.17, 15) is 9.59 Å². The number of nitrogens with one attached hydrogen (secondary N) is 2. The van der Waals surface area contributed by atoms with Gasteiger partial charge in [0.1, 0.15) is 6.04 Å². The Kier molecular flexibility index (Phi) is 3.09. The highest BCUT2D eigenvalue weighted by atomic mass is 32.1. The Hall–Kier alpha value is -1.56. The predicted molar refractivity (Wildman–Crippen MR) is 60.6 cm³/mol. The Morgan fingerprint density at radius 1 is 1.50 bits per heavy atom. The van der Waals surface area contributed by atoms with Gasteiger partial charge < -0.3 is 15.7 Å². The van der Waals surface area contributed by atoms with Crippen molar-refractivity contribution >= 4 is 29.0 Å². The number of hydrogen-bond acceptors (Lipinski definition) is 3. The lowest BCUT2D eigenvalue weighted by molar-refractivity contribution is -0.139. The molecule has 1 aliphatic carbocycles. The average Bonchev–Trinajstić information content (AvgIpc) is 2.94. The second-order valence-electron chi connectivity index (χ2n) is 3.76. The van der Waals surface area contributed by atoms with Gasteiger partial charge in [-0.05, 0) is 30.2 Å². The van der Waals surface area contributed by atoms with Crippen LogP contribution in [-0.2, 0) is 4.79 Å². The Bertz CT molecular complexity index is 387. The van der Waals surface area contributed by atoms with E-state index < -0.39 is 18.0 Å². The van der Waals surface area contributed by atoms with Crippen molar-refractivity contribution in [3.8, 4) is 0 Å². The van der Waals surface area contributed by atoms with E-state index >= 15 is 0 Å². The van der Waals surface area contributed by atoms with Gasteiger partial charge in [0, 0.05) is 5.38 Å². The van der Waals surface area contributed by atoms with Crippen LogP contribution in [0.5, 0.6) is 0 Å². The molecule has 1 unspecified atom stereocenters. The van der Waals surface area contributed by atoms with Crippen LogP contribution in [-0.4, -0.2) is 23.1 Å². The standard InChI is InChI=1S/C10H12N2O3S/c13-9(14)8(6-1-2-6)12-10(15)11-7-3-4-16-5-7/h3-6,8H,1-2H2,(H,13,14)(H2,11,12,15). The normalized spacial score (nSPS) is 16.5. The summed E-state index contributed by atoms with van der Waals surface area (Å²) in [5.74, 6) is -0.881. The summed E-state index contributed by atoms with van der Waals surface area (Å²) in [6.45, 7) is 0. The minimum atomic E-state index is -0.969. The van der Waals surface area contributed by atoms with E-state index in [2.05, 4.69) is 10.6 Å². The zero-order valence-corrected chi connectivity index (χ0v) is 9.29. The van der Waals surface area contributed by atoms with Crippen LogP contribution in [0.15, 0.2) is 16.8 Å². The molecule has 2 rings (SSSR count). The maximum Gasteiger partial charge on any atom is 0.326 e. The number of carbonyl (C=O) groups is 2. The fourth-order valence-corrected chi connectivity index (χ4v) is 2.04. The molecule has 0 aromatic carbocycles. The van der Waals surface area contributed by atoms with Gasteiger partial charge in [0.2, 0.25) is 0 Å². The molecule has 1 heterocycles. The third-order valence-corrected chi connectivity index (χ3v) is 3.11. The number of thiophene rings is 1. The zero-order valence-electron chi connectivity index (χ0n) is 8.47. The Morgan fingerprint density at radius 2 is 2.25 bits per heavy atom. The van der Waals surface area contributed by atoms with Gasteiger partial charge in [0.25, 0.3) is 0 Å². The van der Waals surface area contributed by atoms with Crippen molar-refractivity contribution in [2.24, 2.45) is 5.92 Å². The van der Waals surface area contributed by atoms with E-state index in [4.69, 9.17) is 5.11 Å². The smallest absolute Gasteiger partial charge is 0.326 e. The molecule has 3 N–H and O–H groups in total. The summed E-state index contributed by atoms with van der Waals surface area (Å²) in [5.41, 5.74) is 0.683. The van der Waals surface area contributed by atoms with Crippen molar-refractivity contribution in [1.29, 1.82) is 0 Å². The summed E-state index contributed by atoms with van der Waals surface area (Å²) in [7, 11) is 0. The highest BCUT2D eigenvalue weighted by molar-refractivity contribution is 7.08. The summed E-state index contributed by atoms with van der Waals surface area (Å²) in [4.78, 5) is 22.4. The van der Waals surface area contributed by atoms with Crippen LogP contribution in [0.1, 0.15) is 12.8 Å². The second kappa shape index (κ2) is 4.52. The molecule has 1 aliphatic rings. The van der Waals surface area contributed by atoms with E-state index in [1.165, 1.54) is 11.3 Å². The minimum absolute atomic E-state index is 0.0886. The molecule has 0 bridgehead atoms. The summed E-state index contributed by atoms with van der Waals surface area (Å²) in [6.07, 6.45) is 1.74. The summed E-state index contributed by atoms with van der Waals surface area (Å²) in [5, 5.41) is 17.6. The number of hydrogen-bond donors (Lipinski definition) is 3. The number of rotatable bonds is 4. The first kappa shape index (κ1) is 10.9. The molecule has 5 nitrogen and oxygen atoms in total. The first-order valence-electron chi connectivity index (χ1n) is 4.99. The predicted octanol–water partition coefficient (Wildman–Crippen LogP) is 1.73. The molecule has 1 fully saturated rings. The van der Waals surface area contributed by atoms with Crippen LogP contribution in [0, 0.1) is 5.92 Å². The van der Waals surface area contributed by atoms with Crippen LogP contribution in [0.25, 0.3) is 0 Å². The number of urea groups is 1. The van der Waals surface area contributed by atoms with Crippen LogP contribution in [0.4, 0.5) is 10.5 Å². The van der Waals surface area contributed by atoms with Gasteiger partial charge in [-0.3, -0.25) is 0 Å². The highest BCUT2D eigenvalue weighted by Crippen LogP contribution is 2.32. The Labute approximate surface area is 96.5 Å². The first-order valence-corrected chi connectivity index (χ1v) is 5.93. The van der Waals surface area contributed by atoms with Gasteiger partial charge >= 0.3 is 12.0 Å². The van der Waals surface area contributed by atoms with E-state index in [0.717, 1.165) is 12.8 Å². The lowest BCUT2D eigenvalue weighted by Crippen LogP contribution is -2.44. The number of carbonyl (C=O) groups excluding carboxylic acids is 1. The molecule has 2 amide bonds. The number of amides is 2. The molecule has 0 spiro atoms. The van der Waals surface area contributed by atoms with Crippen molar-refractivity contribution in [3.05, 3.63) is 16.8 Å². The fourth-order valence-electron chi connectivity index (χ4n) is 1.45. The number of carboxylic acid groups (broad SMARTS) is 1. The van der Waals surface area contributed by atoms with Crippen molar-refractivity contribution in [3.63, 3.8) is 0 Å². The Balaban J connectivity index is 1.88. The third kappa shape index (κ3) is 2.73. The molecule has 0 radical (unpaired) electrons. The van der Waals surface area contributed by atoms with E-state index in [1.54, 1.807) is 11.4 Å². The van der Waals surface area contributed by atoms with Crippen molar-refractivity contribution in [1.82, 2.24) is 5.32 Å². The van der Waals surface area contributed by atoms with Gasteiger partial charge in [0.05, 0.1) is 5.69 Å². The molecular formula is C10H12N2O3S. The monoisotopic (exact) mass is 240 g/mol. The van der Waals surface area contributed by atoms with Crippen molar-refractivity contribution in [2.75, 3.05) is 5.32 Å². The van der Waals surface area contributed by atoms with Crippen LogP contribution in [0.3, 0.4) is 0 Å². The number of aliphatic carboxylic acids is 1. The maximum absolute atomic E-state index is 11.5. The molecule has 1 atom stereocenters. The summed E-state index contributed by atoms with van der Waals surface area (Å²) >= 11 is 1.47. The maximum atomic E-state index is 11.5. The minimum Gasteiger partial charge on any atom is -0.480 e. The van der Waals surface area contributed by atoms with Gasteiger partial charge in [-0.15, -0.1) is 0 Å². The largest absolute Gasteiger partial charge is 0.480 e. The molecule has 1 aromatic heterocycles. The van der Waals surface area contributed by atoms with Crippen LogP contribution < -0.4 is 10.6 Å². The molecule has 16 heavy (non-hydrogen) atoms. The average molecular weight is 240 g/mol. The van der Waals surface area contributed by atoms with Crippen molar-refractivity contribution < 1.29 is 14.7 Å². The SMILES string of the molecule is O=C(Nc1ccsc1)NC(C(=O)O)C1CC1. The van der Waals surface area contributed by atoms with Crippen LogP contribution >= 0.6 is 11.3 Å². The lowest BCUT2D eigenvalue weighted by atomic mass is 10.2. The molecular weight excluding hydrogens is 228 g/mol. The molecule has 6 heteroatoms. The molecule has 0 saturated heterocycles. The summed E-state index contributed by atoms with van der Waals surface area (Å²) in [6, 6.07) is 0.535. The lowest BCUT2D eigenvalue weighted by Gasteiger charge is -2.13. The zero-order chi connectivity index (χ0) is 11.5. The fraction of sp³-hybridized carbons (Fsp3) is 0.400. The molecule has 0 aliphatic heterocycles. The van der Waals surface area contributed by atoms with Crippen LogP contribution in [0.2, 0.25) is 0 Å². The molecule has 1 saturated carbocycles.